The van der Waals surface area contributed by atoms with Crippen LogP contribution in [0.3, 0.4) is 0 Å². The van der Waals surface area contributed by atoms with Gasteiger partial charge in [-0.05, 0) is 37.0 Å². The molecule has 0 unspecified atom stereocenters. The molecule has 2 rings (SSSR count). The normalized spacial score (nSPS) is 16.4. The van der Waals surface area contributed by atoms with E-state index in [9.17, 15) is 9.90 Å². The predicted octanol–water partition coefficient (Wildman–Crippen LogP) is 2.28. The smallest absolute Gasteiger partial charge is 0.253 e. The highest BCUT2D eigenvalue weighted by molar-refractivity contribution is 5.99. The van der Waals surface area contributed by atoms with Gasteiger partial charge in [0.1, 0.15) is 5.75 Å². The minimum atomic E-state index is -0.200. The van der Waals surface area contributed by atoms with Gasteiger partial charge in [0, 0.05) is 12.2 Å². The number of rotatable bonds is 3. The summed E-state index contributed by atoms with van der Waals surface area (Å²) < 4.78 is 0. The zero-order valence-corrected chi connectivity index (χ0v) is 10.5. The highest BCUT2D eigenvalue weighted by atomic mass is 16.3. The number of carbonyl (C=O) groups is 1. The predicted molar refractivity (Wildman–Crippen MR) is 71.4 cm³/mol. The fourth-order valence-electron chi connectivity index (χ4n) is 2.46. The van der Waals surface area contributed by atoms with Crippen LogP contribution >= 0.6 is 0 Å². The second-order valence-electron chi connectivity index (χ2n) is 4.99. The molecule has 4 N–H and O–H groups in total. The second-order valence-corrected chi connectivity index (χ2v) is 4.99. The van der Waals surface area contributed by atoms with Gasteiger partial charge >= 0.3 is 0 Å². The van der Waals surface area contributed by atoms with Gasteiger partial charge in [-0.2, -0.15) is 0 Å². The number of benzene rings is 1. The summed E-state index contributed by atoms with van der Waals surface area (Å²) in [6.07, 6.45) is 6.21. The number of anilines is 1. The van der Waals surface area contributed by atoms with E-state index >= 15 is 0 Å². The summed E-state index contributed by atoms with van der Waals surface area (Å²) in [4.78, 5) is 12.0. The van der Waals surface area contributed by atoms with Crippen molar-refractivity contribution in [3.8, 4) is 5.75 Å². The SMILES string of the molecule is Nc1ccc(O)cc1C(=O)NCC1CCCCC1. The Balaban J connectivity index is 1.92. The average molecular weight is 248 g/mol. The van der Waals surface area contributed by atoms with Gasteiger partial charge in [0.05, 0.1) is 5.56 Å². The summed E-state index contributed by atoms with van der Waals surface area (Å²) in [5.74, 6) is 0.447. The van der Waals surface area contributed by atoms with Gasteiger partial charge in [-0.1, -0.05) is 19.3 Å². The van der Waals surface area contributed by atoms with E-state index < -0.39 is 0 Å². The number of amides is 1. The van der Waals surface area contributed by atoms with E-state index in [4.69, 9.17) is 5.73 Å². The Labute approximate surface area is 107 Å². The Bertz CT molecular complexity index is 426. The van der Waals surface area contributed by atoms with Crippen molar-refractivity contribution in [2.24, 2.45) is 5.92 Å². The molecule has 1 aromatic rings. The molecule has 0 radical (unpaired) electrons. The van der Waals surface area contributed by atoms with Crippen molar-refractivity contribution in [1.29, 1.82) is 0 Å². The van der Waals surface area contributed by atoms with Gasteiger partial charge in [0.15, 0.2) is 0 Å². The quantitative estimate of drug-likeness (QED) is 0.567. The number of phenolic OH excluding ortho intramolecular Hbond substituents is 1. The Kier molecular flexibility index (Phi) is 4.07. The van der Waals surface area contributed by atoms with Crippen LogP contribution in [0.1, 0.15) is 42.5 Å². The number of aromatic hydroxyl groups is 1. The maximum Gasteiger partial charge on any atom is 0.253 e. The first-order chi connectivity index (χ1) is 8.66. The lowest BCUT2D eigenvalue weighted by molar-refractivity contribution is 0.0944. The summed E-state index contributed by atoms with van der Waals surface area (Å²) in [6.45, 7) is 0.702. The van der Waals surface area contributed by atoms with Crippen molar-refractivity contribution < 1.29 is 9.90 Å². The third kappa shape index (κ3) is 3.15. The number of nitrogen functional groups attached to an aromatic ring is 1. The molecule has 1 amide bonds. The van der Waals surface area contributed by atoms with Crippen LogP contribution in [0.5, 0.6) is 5.75 Å². The number of carbonyl (C=O) groups excluding carboxylic acids is 1. The Hall–Kier alpha value is -1.71. The fourth-order valence-corrected chi connectivity index (χ4v) is 2.46. The van der Waals surface area contributed by atoms with E-state index in [0.29, 0.717) is 23.7 Å². The maximum absolute atomic E-state index is 12.0. The van der Waals surface area contributed by atoms with Crippen molar-refractivity contribution in [1.82, 2.24) is 5.32 Å². The van der Waals surface area contributed by atoms with E-state index in [1.54, 1.807) is 6.07 Å². The molecule has 0 saturated heterocycles. The zero-order chi connectivity index (χ0) is 13.0. The highest BCUT2D eigenvalue weighted by Gasteiger charge is 2.16. The number of nitrogens with two attached hydrogens (primary N) is 1. The molecular weight excluding hydrogens is 228 g/mol. The topological polar surface area (TPSA) is 75.3 Å². The molecule has 18 heavy (non-hydrogen) atoms. The van der Waals surface area contributed by atoms with Crippen LogP contribution in [0.15, 0.2) is 18.2 Å². The van der Waals surface area contributed by atoms with Gasteiger partial charge in [0.2, 0.25) is 0 Å². The summed E-state index contributed by atoms with van der Waals surface area (Å²) in [5, 5.41) is 12.3. The second kappa shape index (κ2) is 5.76. The Morgan fingerprint density at radius 1 is 1.33 bits per heavy atom. The van der Waals surface area contributed by atoms with Gasteiger partial charge in [-0.25, -0.2) is 0 Å². The lowest BCUT2D eigenvalue weighted by Gasteiger charge is -2.21. The van der Waals surface area contributed by atoms with Crippen LogP contribution in [0.4, 0.5) is 5.69 Å². The fraction of sp³-hybridized carbons (Fsp3) is 0.500. The standard InChI is InChI=1S/C14H20N2O2/c15-13-7-6-11(17)8-12(13)14(18)16-9-10-4-2-1-3-5-10/h6-8,10,17H,1-5,9,15H2,(H,16,18). The van der Waals surface area contributed by atoms with E-state index in [1.165, 1.54) is 44.2 Å². The molecule has 98 valence electrons. The molecule has 0 spiro atoms. The summed E-state index contributed by atoms with van der Waals surface area (Å²) >= 11 is 0. The lowest BCUT2D eigenvalue weighted by Crippen LogP contribution is -2.30. The molecule has 0 heterocycles. The lowest BCUT2D eigenvalue weighted by atomic mass is 9.89. The third-order valence-corrected chi connectivity index (χ3v) is 3.56. The van der Waals surface area contributed by atoms with E-state index in [2.05, 4.69) is 5.32 Å². The Morgan fingerprint density at radius 3 is 2.78 bits per heavy atom. The summed E-state index contributed by atoms with van der Waals surface area (Å²) in [5.41, 5.74) is 6.48. The van der Waals surface area contributed by atoms with Crippen molar-refractivity contribution >= 4 is 11.6 Å². The molecule has 0 aliphatic heterocycles. The largest absolute Gasteiger partial charge is 0.508 e. The first kappa shape index (κ1) is 12.7. The summed E-state index contributed by atoms with van der Waals surface area (Å²) in [7, 11) is 0. The number of phenols is 1. The zero-order valence-electron chi connectivity index (χ0n) is 10.5. The first-order valence-electron chi connectivity index (χ1n) is 6.53. The summed E-state index contributed by atoms with van der Waals surface area (Å²) in [6, 6.07) is 4.43. The molecular formula is C14H20N2O2. The highest BCUT2D eigenvalue weighted by Crippen LogP contribution is 2.23. The van der Waals surface area contributed by atoms with Crippen molar-refractivity contribution in [2.75, 3.05) is 12.3 Å². The minimum absolute atomic E-state index is 0.0621. The molecule has 0 aromatic heterocycles. The van der Waals surface area contributed by atoms with Crippen molar-refractivity contribution in [3.05, 3.63) is 23.8 Å². The molecule has 1 saturated carbocycles. The van der Waals surface area contributed by atoms with Crippen LogP contribution in [0.25, 0.3) is 0 Å². The van der Waals surface area contributed by atoms with Crippen molar-refractivity contribution in [2.45, 2.75) is 32.1 Å². The van der Waals surface area contributed by atoms with Crippen LogP contribution < -0.4 is 11.1 Å². The van der Waals surface area contributed by atoms with E-state index in [-0.39, 0.29) is 11.7 Å². The Morgan fingerprint density at radius 2 is 2.06 bits per heavy atom. The van der Waals surface area contributed by atoms with Gasteiger partial charge in [0.25, 0.3) is 5.91 Å². The third-order valence-electron chi connectivity index (χ3n) is 3.56. The maximum atomic E-state index is 12.0. The number of hydrogen-bond acceptors (Lipinski definition) is 3. The molecule has 0 bridgehead atoms. The molecule has 0 atom stereocenters. The molecule has 1 aliphatic carbocycles. The average Bonchev–Trinajstić information content (AvgIpc) is 2.40. The van der Waals surface area contributed by atoms with Gasteiger partial charge in [-0.3, -0.25) is 4.79 Å². The van der Waals surface area contributed by atoms with Crippen molar-refractivity contribution in [3.63, 3.8) is 0 Å². The number of nitrogens with one attached hydrogen (secondary N) is 1. The monoisotopic (exact) mass is 248 g/mol. The van der Waals surface area contributed by atoms with Crippen LogP contribution in [0, 0.1) is 5.92 Å². The van der Waals surface area contributed by atoms with E-state index in [1.807, 2.05) is 0 Å². The molecule has 1 aliphatic rings. The van der Waals surface area contributed by atoms with E-state index in [0.717, 1.165) is 0 Å². The molecule has 4 nitrogen and oxygen atoms in total. The molecule has 1 aromatic carbocycles. The van der Waals surface area contributed by atoms with Crippen LogP contribution in [-0.2, 0) is 0 Å². The first-order valence-corrected chi connectivity index (χ1v) is 6.53. The van der Waals surface area contributed by atoms with Crippen LogP contribution in [0.2, 0.25) is 0 Å². The minimum Gasteiger partial charge on any atom is -0.508 e. The number of hydrogen-bond donors (Lipinski definition) is 3. The van der Waals surface area contributed by atoms with Gasteiger partial charge < -0.3 is 16.2 Å². The van der Waals surface area contributed by atoms with Crippen LogP contribution in [-0.4, -0.2) is 17.6 Å². The molecule has 1 fully saturated rings. The van der Waals surface area contributed by atoms with Gasteiger partial charge in [-0.15, -0.1) is 0 Å². The molecule has 4 heteroatoms.